The van der Waals surface area contributed by atoms with Gasteiger partial charge < -0.3 is 18.5 Å². The van der Waals surface area contributed by atoms with Crippen LogP contribution < -0.4 is 0 Å². The molecule has 0 saturated carbocycles. The smallest absolute Gasteiger partial charge is 0.419 e. The van der Waals surface area contributed by atoms with Crippen LogP contribution in [0.25, 0.3) is 0 Å². The minimum Gasteiger partial charge on any atom is -0.461 e. The van der Waals surface area contributed by atoms with Crippen molar-refractivity contribution in [2.24, 2.45) is 0 Å². The summed E-state index contributed by atoms with van der Waals surface area (Å²) in [4.78, 5) is 36.7. The Kier molecular flexibility index (Phi) is 6.70. The van der Waals surface area contributed by atoms with Crippen molar-refractivity contribution in [1.29, 1.82) is 0 Å². The van der Waals surface area contributed by atoms with Gasteiger partial charge in [-0.25, -0.2) is 14.2 Å². The zero-order valence-corrected chi connectivity index (χ0v) is 15.9. The molecule has 1 heterocycles. The molecular formula is C15H22NO8P. The minimum atomic E-state index is -4.07. The van der Waals surface area contributed by atoms with E-state index in [1.165, 1.54) is 0 Å². The molecule has 0 aliphatic rings. The van der Waals surface area contributed by atoms with Crippen molar-refractivity contribution in [2.45, 2.75) is 33.3 Å². The minimum absolute atomic E-state index is 0.0657. The summed E-state index contributed by atoms with van der Waals surface area (Å²) in [5.74, 6) is -0.836. The van der Waals surface area contributed by atoms with Crippen molar-refractivity contribution in [3.63, 3.8) is 0 Å². The number of carbonyl (C=O) groups is 3. The first-order valence-corrected chi connectivity index (χ1v) is 8.92. The first-order valence-electron chi connectivity index (χ1n) is 7.38. The maximum atomic E-state index is 12.4. The lowest BCUT2D eigenvalue weighted by Crippen LogP contribution is -2.28. The van der Waals surface area contributed by atoms with Crippen LogP contribution in [0.4, 0.5) is 4.79 Å². The third-order valence-corrected chi connectivity index (χ3v) is 4.59. The van der Waals surface area contributed by atoms with Gasteiger partial charge in [0.15, 0.2) is 0 Å². The number of carbonyl (C=O) groups excluding carboxylic acids is 3. The molecule has 1 aromatic heterocycles. The van der Waals surface area contributed by atoms with Gasteiger partial charge in [-0.15, -0.1) is 0 Å². The van der Waals surface area contributed by atoms with Crippen LogP contribution in [0, 0.1) is 0 Å². The number of nitrogens with zero attached hydrogens (tertiary/aromatic N) is 1. The quantitative estimate of drug-likeness (QED) is 0.551. The van der Waals surface area contributed by atoms with E-state index in [2.05, 4.69) is 9.05 Å². The monoisotopic (exact) mass is 375 g/mol. The lowest BCUT2D eigenvalue weighted by atomic mass is 10.2. The lowest BCUT2D eigenvalue weighted by Gasteiger charge is -2.20. The van der Waals surface area contributed by atoms with Gasteiger partial charge >= 0.3 is 19.7 Å². The number of hydrogen-bond acceptors (Lipinski definition) is 8. The van der Waals surface area contributed by atoms with Crippen molar-refractivity contribution < 1.29 is 37.5 Å². The highest BCUT2D eigenvalue weighted by molar-refractivity contribution is 7.72. The fourth-order valence-electron chi connectivity index (χ4n) is 1.80. The molecule has 140 valence electrons. The topological polar surface area (TPSA) is 110 Å². The van der Waals surface area contributed by atoms with Crippen LogP contribution >= 0.6 is 7.60 Å². The van der Waals surface area contributed by atoms with E-state index in [4.69, 9.17) is 9.47 Å². The number of rotatable bonds is 6. The molecule has 10 heteroatoms. The number of aromatic nitrogens is 1. The summed E-state index contributed by atoms with van der Waals surface area (Å²) in [6, 6.07) is 1.08. The van der Waals surface area contributed by atoms with E-state index in [-0.39, 0.29) is 17.9 Å². The van der Waals surface area contributed by atoms with Gasteiger partial charge in [-0.1, -0.05) is 0 Å². The third-order valence-electron chi connectivity index (χ3n) is 2.87. The fraction of sp³-hybridized carbons (Fsp3) is 0.533. The van der Waals surface area contributed by atoms with Crippen molar-refractivity contribution in [2.75, 3.05) is 20.8 Å². The molecule has 0 spiro atoms. The van der Waals surface area contributed by atoms with E-state index in [0.29, 0.717) is 0 Å². The highest BCUT2D eigenvalue weighted by atomic mass is 31.2. The zero-order valence-electron chi connectivity index (χ0n) is 15.0. The first kappa shape index (κ1) is 21.1. The normalized spacial score (nSPS) is 11.9. The predicted molar refractivity (Wildman–Crippen MR) is 88.0 cm³/mol. The molecule has 0 saturated heterocycles. The summed E-state index contributed by atoms with van der Waals surface area (Å²) in [7, 11) is -1.96. The van der Waals surface area contributed by atoms with Crippen LogP contribution in [0.3, 0.4) is 0 Å². The molecular weight excluding hydrogens is 353 g/mol. The molecule has 0 aliphatic heterocycles. The van der Waals surface area contributed by atoms with Crippen LogP contribution in [0.2, 0.25) is 0 Å². The number of esters is 1. The summed E-state index contributed by atoms with van der Waals surface area (Å²) >= 11 is 0. The largest absolute Gasteiger partial charge is 0.461 e. The van der Waals surface area contributed by atoms with Gasteiger partial charge in [-0.2, -0.15) is 0 Å². The molecule has 0 radical (unpaired) electrons. The third kappa shape index (κ3) is 5.01. The van der Waals surface area contributed by atoms with Crippen molar-refractivity contribution in [3.8, 4) is 0 Å². The van der Waals surface area contributed by atoms with Gasteiger partial charge in [-0.05, 0) is 33.8 Å². The van der Waals surface area contributed by atoms with Crippen LogP contribution in [0.1, 0.15) is 48.5 Å². The molecule has 0 N–H and O–H groups in total. The Balaban J connectivity index is 3.38. The van der Waals surface area contributed by atoms with E-state index in [0.717, 1.165) is 31.0 Å². The van der Waals surface area contributed by atoms with Gasteiger partial charge in [-0.3, -0.25) is 9.36 Å². The molecule has 25 heavy (non-hydrogen) atoms. The van der Waals surface area contributed by atoms with Gasteiger partial charge in [0.1, 0.15) is 11.3 Å². The van der Waals surface area contributed by atoms with E-state index in [1.807, 2.05) is 0 Å². The molecule has 0 aliphatic carbocycles. The second kappa shape index (κ2) is 7.95. The van der Waals surface area contributed by atoms with Crippen molar-refractivity contribution >= 4 is 25.2 Å². The van der Waals surface area contributed by atoms with Gasteiger partial charge in [0, 0.05) is 26.0 Å². The Bertz CT molecular complexity index is 708. The Labute approximate surface area is 145 Å². The second-order valence-electron chi connectivity index (χ2n) is 5.85. The average Bonchev–Trinajstić information content (AvgIpc) is 2.97. The van der Waals surface area contributed by atoms with Crippen LogP contribution in [0.15, 0.2) is 12.3 Å². The summed E-state index contributed by atoms with van der Waals surface area (Å²) < 4.78 is 32.4. The average molecular weight is 375 g/mol. The zero-order chi connectivity index (χ0) is 19.4. The van der Waals surface area contributed by atoms with E-state index >= 15 is 0 Å². The molecule has 1 aromatic rings. The number of ether oxygens (including phenoxy) is 2. The van der Waals surface area contributed by atoms with E-state index in [1.54, 1.807) is 27.7 Å². The highest BCUT2D eigenvalue weighted by Gasteiger charge is 2.36. The first-order chi connectivity index (χ1) is 11.5. The van der Waals surface area contributed by atoms with Crippen LogP contribution in [-0.2, 0) is 23.1 Å². The van der Waals surface area contributed by atoms with Gasteiger partial charge in [0.25, 0.3) is 5.52 Å². The van der Waals surface area contributed by atoms with Crippen molar-refractivity contribution in [1.82, 2.24) is 4.57 Å². The SMILES string of the molecule is CCOC(=O)c1cc(C(=O)P(=O)(OC)OC)cn1C(=O)OC(C)(C)C. The summed E-state index contributed by atoms with van der Waals surface area (Å²) in [6.45, 7) is 6.60. The Morgan fingerprint density at radius 1 is 1.16 bits per heavy atom. The lowest BCUT2D eigenvalue weighted by molar-refractivity contribution is 0.0449. The molecule has 1 rings (SSSR count). The standard InChI is InChI=1S/C15H22NO8P/c1-7-23-12(17)11-8-10(13(18)25(20,21-5)22-6)9-16(11)14(19)24-15(2,3)4/h8-9H,7H2,1-6H3. The van der Waals surface area contributed by atoms with Crippen LogP contribution in [-0.4, -0.2) is 48.6 Å². The van der Waals surface area contributed by atoms with Gasteiger partial charge in [0.05, 0.1) is 6.61 Å². The van der Waals surface area contributed by atoms with Crippen LogP contribution in [0.5, 0.6) is 0 Å². The van der Waals surface area contributed by atoms with E-state index in [9.17, 15) is 18.9 Å². The maximum Gasteiger partial charge on any atom is 0.419 e. The fourth-order valence-corrected chi connectivity index (χ4v) is 2.72. The molecule has 0 unspecified atom stereocenters. The number of hydrogen-bond donors (Lipinski definition) is 0. The van der Waals surface area contributed by atoms with Gasteiger partial charge in [0.2, 0.25) is 0 Å². The highest BCUT2D eigenvalue weighted by Crippen LogP contribution is 2.49. The summed E-state index contributed by atoms with van der Waals surface area (Å²) in [5, 5.41) is 0. The van der Waals surface area contributed by atoms with Crippen molar-refractivity contribution in [3.05, 3.63) is 23.5 Å². The Morgan fingerprint density at radius 3 is 2.16 bits per heavy atom. The molecule has 9 nitrogen and oxygen atoms in total. The maximum absolute atomic E-state index is 12.4. The second-order valence-corrected chi connectivity index (χ2v) is 7.98. The molecule has 0 fully saturated rings. The molecule has 0 atom stereocenters. The Hall–Kier alpha value is -1.96. The summed E-state index contributed by atoms with van der Waals surface area (Å²) in [5.41, 5.74) is -2.27. The summed E-state index contributed by atoms with van der Waals surface area (Å²) in [6.07, 6.45) is 0.146. The predicted octanol–water partition coefficient (Wildman–Crippen LogP) is 3.07. The van der Waals surface area contributed by atoms with E-state index < -0.39 is 30.8 Å². The Morgan fingerprint density at radius 2 is 1.72 bits per heavy atom. The molecule has 0 aromatic carbocycles. The molecule has 0 bridgehead atoms. The molecule has 0 amide bonds.